The Morgan fingerprint density at radius 1 is 1.35 bits per heavy atom. The molecule has 1 aromatic rings. The molecule has 1 aromatic carbocycles. The molecule has 3 nitrogen and oxygen atoms in total. The fourth-order valence-corrected chi connectivity index (χ4v) is 3.01. The molecule has 0 amide bonds. The molecule has 0 bridgehead atoms. The van der Waals surface area contributed by atoms with Crippen LogP contribution in [0.2, 0.25) is 5.02 Å². The van der Waals surface area contributed by atoms with Crippen molar-refractivity contribution in [1.82, 2.24) is 10.2 Å². The van der Waals surface area contributed by atoms with Crippen LogP contribution in [-0.2, 0) is 0 Å². The van der Waals surface area contributed by atoms with E-state index in [-0.39, 0.29) is 0 Å². The van der Waals surface area contributed by atoms with E-state index in [9.17, 15) is 5.11 Å². The predicted molar refractivity (Wildman–Crippen MR) is 84.1 cm³/mol. The minimum atomic E-state index is -0.527. The lowest BCUT2D eigenvalue weighted by Crippen LogP contribution is -2.32. The van der Waals surface area contributed by atoms with E-state index < -0.39 is 6.10 Å². The summed E-state index contributed by atoms with van der Waals surface area (Å²) in [6.45, 7) is 3.96. The normalized spacial score (nSPS) is 19.1. The summed E-state index contributed by atoms with van der Waals surface area (Å²) in [5.74, 6) is 0.830. The van der Waals surface area contributed by atoms with Crippen LogP contribution >= 0.6 is 11.6 Å². The van der Waals surface area contributed by atoms with Gasteiger partial charge in [-0.25, -0.2) is 0 Å². The van der Waals surface area contributed by atoms with E-state index in [0.717, 1.165) is 18.0 Å². The lowest BCUT2D eigenvalue weighted by Gasteiger charge is -2.29. The number of aliphatic hydroxyl groups is 1. The Labute approximate surface area is 126 Å². The lowest BCUT2D eigenvalue weighted by atomic mass is 9.94. The highest BCUT2D eigenvalue weighted by atomic mass is 35.5. The summed E-state index contributed by atoms with van der Waals surface area (Å²) in [7, 11) is 2.19. The Bertz CT molecular complexity index is 405. The molecule has 1 heterocycles. The second kappa shape index (κ2) is 7.99. The zero-order chi connectivity index (χ0) is 14.4. The summed E-state index contributed by atoms with van der Waals surface area (Å²) in [6, 6.07) is 7.49. The van der Waals surface area contributed by atoms with E-state index in [1.54, 1.807) is 0 Å². The third-order valence-corrected chi connectivity index (χ3v) is 4.51. The van der Waals surface area contributed by atoms with Gasteiger partial charge >= 0.3 is 0 Å². The average molecular weight is 297 g/mol. The highest BCUT2D eigenvalue weighted by molar-refractivity contribution is 6.31. The smallest absolute Gasteiger partial charge is 0.0928 e. The van der Waals surface area contributed by atoms with Crippen molar-refractivity contribution >= 4 is 11.6 Å². The average Bonchev–Trinajstić information content (AvgIpc) is 2.46. The minimum Gasteiger partial charge on any atom is -0.387 e. The van der Waals surface area contributed by atoms with Gasteiger partial charge in [0.25, 0.3) is 0 Å². The maximum Gasteiger partial charge on any atom is 0.0928 e. The largest absolute Gasteiger partial charge is 0.387 e. The molecule has 4 heteroatoms. The Morgan fingerprint density at radius 3 is 2.75 bits per heavy atom. The fraction of sp³-hybridized carbons (Fsp3) is 0.625. The van der Waals surface area contributed by atoms with Crippen molar-refractivity contribution < 1.29 is 5.11 Å². The molecule has 0 aliphatic carbocycles. The van der Waals surface area contributed by atoms with Crippen molar-refractivity contribution in [3.63, 3.8) is 0 Å². The second-order valence-electron chi connectivity index (χ2n) is 5.78. The van der Waals surface area contributed by atoms with Gasteiger partial charge in [0.05, 0.1) is 6.10 Å². The van der Waals surface area contributed by atoms with Gasteiger partial charge in [-0.1, -0.05) is 29.8 Å². The summed E-state index contributed by atoms with van der Waals surface area (Å²) in [5, 5.41) is 14.1. The Balaban J connectivity index is 1.65. The van der Waals surface area contributed by atoms with Crippen molar-refractivity contribution in [2.75, 3.05) is 33.2 Å². The van der Waals surface area contributed by atoms with Crippen molar-refractivity contribution in [1.29, 1.82) is 0 Å². The number of hydrogen-bond acceptors (Lipinski definition) is 3. The first kappa shape index (κ1) is 15.8. The number of halogens is 1. The van der Waals surface area contributed by atoms with E-state index in [1.165, 1.54) is 32.4 Å². The van der Waals surface area contributed by atoms with E-state index >= 15 is 0 Å². The molecule has 1 aliphatic heterocycles. The van der Waals surface area contributed by atoms with Crippen LogP contribution in [0.15, 0.2) is 24.3 Å². The Hall–Kier alpha value is -0.610. The van der Waals surface area contributed by atoms with Gasteiger partial charge in [0.2, 0.25) is 0 Å². The number of benzene rings is 1. The molecule has 1 aliphatic rings. The first-order chi connectivity index (χ1) is 9.66. The molecule has 2 rings (SSSR count). The molecule has 0 radical (unpaired) electrons. The molecule has 2 N–H and O–H groups in total. The van der Waals surface area contributed by atoms with Crippen molar-refractivity contribution in [2.45, 2.75) is 25.4 Å². The molecular weight excluding hydrogens is 272 g/mol. The highest BCUT2D eigenvalue weighted by Crippen LogP contribution is 2.22. The first-order valence-corrected chi connectivity index (χ1v) is 7.86. The van der Waals surface area contributed by atoms with Gasteiger partial charge in [0, 0.05) is 17.1 Å². The van der Waals surface area contributed by atoms with Gasteiger partial charge in [-0.05, 0) is 57.9 Å². The van der Waals surface area contributed by atoms with E-state index in [4.69, 9.17) is 11.6 Å². The molecule has 20 heavy (non-hydrogen) atoms. The van der Waals surface area contributed by atoms with Crippen LogP contribution in [0.1, 0.15) is 30.9 Å². The van der Waals surface area contributed by atoms with Crippen LogP contribution in [0.4, 0.5) is 0 Å². The third-order valence-electron chi connectivity index (χ3n) is 4.17. The van der Waals surface area contributed by atoms with Gasteiger partial charge in [-0.3, -0.25) is 0 Å². The van der Waals surface area contributed by atoms with Gasteiger partial charge in [0.1, 0.15) is 0 Å². The van der Waals surface area contributed by atoms with Crippen LogP contribution in [0.3, 0.4) is 0 Å². The van der Waals surface area contributed by atoms with Crippen molar-refractivity contribution in [3.05, 3.63) is 34.9 Å². The zero-order valence-electron chi connectivity index (χ0n) is 12.2. The molecule has 1 saturated heterocycles. The van der Waals surface area contributed by atoms with E-state index in [0.29, 0.717) is 11.6 Å². The highest BCUT2D eigenvalue weighted by Gasteiger charge is 2.16. The third kappa shape index (κ3) is 4.74. The lowest BCUT2D eigenvalue weighted by molar-refractivity contribution is 0.171. The number of nitrogens with one attached hydrogen (secondary N) is 1. The predicted octanol–water partition coefficient (Wildman–Crippen LogP) is 2.69. The summed E-state index contributed by atoms with van der Waals surface area (Å²) in [4.78, 5) is 2.39. The quantitative estimate of drug-likeness (QED) is 0.792. The molecule has 1 unspecified atom stereocenters. The maximum absolute atomic E-state index is 10.1. The van der Waals surface area contributed by atoms with Crippen molar-refractivity contribution in [3.8, 4) is 0 Å². The molecule has 0 aromatic heterocycles. The zero-order valence-corrected chi connectivity index (χ0v) is 12.9. The van der Waals surface area contributed by atoms with Crippen LogP contribution in [0.25, 0.3) is 0 Å². The topological polar surface area (TPSA) is 35.5 Å². The van der Waals surface area contributed by atoms with Gasteiger partial charge in [-0.15, -0.1) is 0 Å². The summed E-state index contributed by atoms with van der Waals surface area (Å²) < 4.78 is 0. The SMILES string of the molecule is CN1CCC(CCNCC(O)c2ccccc2Cl)CC1. The molecule has 112 valence electrons. The minimum absolute atomic E-state index is 0.527. The van der Waals surface area contributed by atoms with Gasteiger partial charge < -0.3 is 15.3 Å². The van der Waals surface area contributed by atoms with Crippen LogP contribution in [-0.4, -0.2) is 43.2 Å². The second-order valence-corrected chi connectivity index (χ2v) is 6.18. The number of hydrogen-bond donors (Lipinski definition) is 2. The van der Waals surface area contributed by atoms with Crippen LogP contribution in [0, 0.1) is 5.92 Å². The first-order valence-electron chi connectivity index (χ1n) is 7.48. The number of piperidine rings is 1. The summed E-state index contributed by atoms with van der Waals surface area (Å²) >= 11 is 6.07. The van der Waals surface area contributed by atoms with E-state index in [1.807, 2.05) is 24.3 Å². The Morgan fingerprint density at radius 2 is 2.05 bits per heavy atom. The van der Waals surface area contributed by atoms with E-state index in [2.05, 4.69) is 17.3 Å². The number of rotatable bonds is 6. The standard InChI is InChI=1S/C16H25ClN2O/c1-19-10-7-13(8-11-19)6-9-18-12-16(20)14-4-2-3-5-15(14)17/h2-5,13,16,18,20H,6-12H2,1H3. The van der Waals surface area contributed by atoms with Crippen LogP contribution < -0.4 is 5.32 Å². The molecule has 1 atom stereocenters. The molecule has 0 spiro atoms. The molecule has 1 fully saturated rings. The number of likely N-dealkylation sites (tertiary alicyclic amines) is 1. The van der Waals surface area contributed by atoms with Crippen molar-refractivity contribution in [2.24, 2.45) is 5.92 Å². The maximum atomic E-state index is 10.1. The van der Waals surface area contributed by atoms with Crippen LogP contribution in [0.5, 0.6) is 0 Å². The fourth-order valence-electron chi connectivity index (χ4n) is 2.75. The molecule has 0 saturated carbocycles. The van der Waals surface area contributed by atoms with Gasteiger partial charge in [-0.2, -0.15) is 0 Å². The molecular formula is C16H25ClN2O. The summed E-state index contributed by atoms with van der Waals surface area (Å²) in [6.07, 6.45) is 3.26. The monoisotopic (exact) mass is 296 g/mol. The number of nitrogens with zero attached hydrogens (tertiary/aromatic N) is 1. The van der Waals surface area contributed by atoms with Gasteiger partial charge in [0.15, 0.2) is 0 Å². The number of aliphatic hydroxyl groups excluding tert-OH is 1. The Kier molecular flexibility index (Phi) is 6.30. The summed E-state index contributed by atoms with van der Waals surface area (Å²) in [5.41, 5.74) is 0.806.